The number of carboxylic acid groups (broad SMARTS) is 1. The van der Waals surface area contributed by atoms with E-state index in [4.69, 9.17) is 10.8 Å². The Morgan fingerprint density at radius 3 is 2.57 bits per heavy atom. The molecular formula is C9H9NO3S. The molecule has 0 saturated heterocycles. The highest BCUT2D eigenvalue weighted by Crippen LogP contribution is 2.45. The number of primary amides is 1. The standard InChI is InChI=1S/C9H9NO3S/c10-8(11)7-6(4-1-2-4)5(3-14-7)9(12)13/h3-4H,1-2H2,(H2,10,11)(H,12,13). The van der Waals surface area contributed by atoms with E-state index in [1.807, 2.05) is 0 Å². The summed E-state index contributed by atoms with van der Waals surface area (Å²) in [5.41, 5.74) is 6.06. The Morgan fingerprint density at radius 1 is 1.50 bits per heavy atom. The van der Waals surface area contributed by atoms with Crippen LogP contribution >= 0.6 is 11.3 Å². The van der Waals surface area contributed by atoms with Crippen LogP contribution in [0.2, 0.25) is 0 Å². The lowest BCUT2D eigenvalue weighted by atomic mass is 10.1. The predicted octanol–water partition coefficient (Wildman–Crippen LogP) is 1.42. The van der Waals surface area contributed by atoms with Gasteiger partial charge in [-0.3, -0.25) is 4.79 Å². The number of rotatable bonds is 3. The molecule has 0 bridgehead atoms. The Kier molecular flexibility index (Phi) is 2.03. The fraction of sp³-hybridized carbons (Fsp3) is 0.333. The number of thiophene rings is 1. The van der Waals surface area contributed by atoms with Crippen LogP contribution in [0.15, 0.2) is 5.38 Å². The van der Waals surface area contributed by atoms with E-state index in [0.717, 1.165) is 24.2 Å². The van der Waals surface area contributed by atoms with Gasteiger partial charge >= 0.3 is 5.97 Å². The molecule has 1 aromatic rings. The van der Waals surface area contributed by atoms with E-state index in [2.05, 4.69) is 0 Å². The van der Waals surface area contributed by atoms with Crippen LogP contribution in [-0.4, -0.2) is 17.0 Å². The predicted molar refractivity (Wildman–Crippen MR) is 51.8 cm³/mol. The fourth-order valence-electron chi connectivity index (χ4n) is 1.50. The summed E-state index contributed by atoms with van der Waals surface area (Å²) < 4.78 is 0. The van der Waals surface area contributed by atoms with Gasteiger partial charge in [0.05, 0.1) is 10.4 Å². The van der Waals surface area contributed by atoms with Crippen LogP contribution in [0.4, 0.5) is 0 Å². The minimum absolute atomic E-state index is 0.231. The number of carbonyl (C=O) groups is 2. The van der Waals surface area contributed by atoms with Gasteiger partial charge < -0.3 is 10.8 Å². The average Bonchev–Trinajstić information content (AvgIpc) is 2.83. The highest BCUT2D eigenvalue weighted by molar-refractivity contribution is 7.12. The van der Waals surface area contributed by atoms with E-state index in [1.165, 1.54) is 5.38 Å². The van der Waals surface area contributed by atoms with E-state index >= 15 is 0 Å². The molecule has 0 unspecified atom stereocenters. The smallest absolute Gasteiger partial charge is 0.336 e. The molecule has 1 aliphatic carbocycles. The van der Waals surface area contributed by atoms with Crippen molar-refractivity contribution in [3.8, 4) is 0 Å². The topological polar surface area (TPSA) is 80.4 Å². The average molecular weight is 211 g/mol. The zero-order chi connectivity index (χ0) is 10.3. The second-order valence-electron chi connectivity index (χ2n) is 3.34. The van der Waals surface area contributed by atoms with Crippen molar-refractivity contribution < 1.29 is 14.7 Å². The number of amides is 1. The summed E-state index contributed by atoms with van der Waals surface area (Å²) >= 11 is 1.13. The summed E-state index contributed by atoms with van der Waals surface area (Å²) in [6.07, 6.45) is 1.91. The van der Waals surface area contributed by atoms with Crippen LogP contribution in [0.3, 0.4) is 0 Å². The summed E-state index contributed by atoms with van der Waals surface area (Å²) in [4.78, 5) is 22.3. The molecule has 4 nitrogen and oxygen atoms in total. The van der Waals surface area contributed by atoms with Crippen molar-refractivity contribution in [1.82, 2.24) is 0 Å². The minimum atomic E-state index is -0.976. The molecule has 1 fully saturated rings. The largest absolute Gasteiger partial charge is 0.478 e. The lowest BCUT2D eigenvalue weighted by Crippen LogP contribution is -2.12. The van der Waals surface area contributed by atoms with Gasteiger partial charge in [-0.15, -0.1) is 11.3 Å². The summed E-state index contributed by atoms with van der Waals surface area (Å²) in [7, 11) is 0. The highest BCUT2D eigenvalue weighted by Gasteiger charge is 2.33. The monoisotopic (exact) mass is 211 g/mol. The van der Waals surface area contributed by atoms with Gasteiger partial charge in [-0.2, -0.15) is 0 Å². The maximum absolute atomic E-state index is 11.0. The van der Waals surface area contributed by atoms with Gasteiger partial charge in [0, 0.05) is 5.38 Å². The quantitative estimate of drug-likeness (QED) is 0.793. The van der Waals surface area contributed by atoms with Gasteiger partial charge in [0.15, 0.2) is 0 Å². The third-order valence-electron chi connectivity index (χ3n) is 2.27. The zero-order valence-electron chi connectivity index (χ0n) is 7.32. The van der Waals surface area contributed by atoms with Gasteiger partial charge in [-0.1, -0.05) is 0 Å². The molecule has 1 aliphatic rings. The molecule has 0 atom stereocenters. The second kappa shape index (κ2) is 3.09. The molecule has 0 spiro atoms. The van der Waals surface area contributed by atoms with Crippen molar-refractivity contribution in [3.63, 3.8) is 0 Å². The van der Waals surface area contributed by atoms with Crippen LogP contribution in [-0.2, 0) is 0 Å². The van der Waals surface area contributed by atoms with Gasteiger partial charge in [-0.25, -0.2) is 4.79 Å². The van der Waals surface area contributed by atoms with E-state index in [-0.39, 0.29) is 11.5 Å². The zero-order valence-corrected chi connectivity index (χ0v) is 8.13. The normalized spacial score (nSPS) is 15.4. The summed E-state index contributed by atoms with van der Waals surface area (Å²) in [5.74, 6) is -1.27. The van der Waals surface area contributed by atoms with Gasteiger partial charge in [0.25, 0.3) is 5.91 Å². The molecular weight excluding hydrogens is 202 g/mol. The molecule has 1 amide bonds. The number of nitrogens with two attached hydrogens (primary N) is 1. The first-order valence-electron chi connectivity index (χ1n) is 4.25. The van der Waals surface area contributed by atoms with Crippen molar-refractivity contribution in [2.75, 3.05) is 0 Å². The van der Waals surface area contributed by atoms with Crippen molar-refractivity contribution in [2.45, 2.75) is 18.8 Å². The number of carboxylic acids is 1. The van der Waals surface area contributed by atoms with Crippen LogP contribution in [0.25, 0.3) is 0 Å². The third kappa shape index (κ3) is 1.39. The highest BCUT2D eigenvalue weighted by atomic mass is 32.1. The summed E-state index contributed by atoms with van der Waals surface area (Å²) in [5, 5.41) is 10.4. The van der Waals surface area contributed by atoms with Gasteiger partial charge in [-0.05, 0) is 24.3 Å². The van der Waals surface area contributed by atoms with Crippen molar-refractivity contribution >= 4 is 23.2 Å². The Balaban J connectivity index is 2.52. The Bertz CT molecular complexity index is 375. The van der Waals surface area contributed by atoms with Crippen molar-refractivity contribution in [3.05, 3.63) is 21.4 Å². The van der Waals surface area contributed by atoms with Gasteiger partial charge in [0.2, 0.25) is 0 Å². The second-order valence-corrected chi connectivity index (χ2v) is 4.22. The van der Waals surface area contributed by atoms with Crippen molar-refractivity contribution in [2.24, 2.45) is 5.73 Å². The fourth-order valence-corrected chi connectivity index (χ4v) is 2.48. The maximum Gasteiger partial charge on any atom is 0.336 e. The van der Waals surface area contributed by atoms with Gasteiger partial charge in [0.1, 0.15) is 0 Å². The molecule has 5 heteroatoms. The molecule has 3 N–H and O–H groups in total. The molecule has 14 heavy (non-hydrogen) atoms. The van der Waals surface area contributed by atoms with E-state index < -0.39 is 11.9 Å². The lowest BCUT2D eigenvalue weighted by molar-refractivity contribution is 0.0696. The Hall–Kier alpha value is -1.36. The summed E-state index contributed by atoms with van der Waals surface area (Å²) in [6.45, 7) is 0. The first-order chi connectivity index (χ1) is 6.61. The van der Waals surface area contributed by atoms with Crippen LogP contribution < -0.4 is 5.73 Å². The number of carbonyl (C=O) groups excluding carboxylic acids is 1. The molecule has 1 saturated carbocycles. The number of hydrogen-bond donors (Lipinski definition) is 2. The van der Waals surface area contributed by atoms with Crippen LogP contribution in [0, 0.1) is 0 Å². The molecule has 1 heterocycles. The SMILES string of the molecule is NC(=O)c1scc(C(=O)O)c1C1CC1. The molecule has 1 aromatic heterocycles. The third-order valence-corrected chi connectivity index (χ3v) is 3.28. The van der Waals surface area contributed by atoms with Crippen LogP contribution in [0.5, 0.6) is 0 Å². The molecule has 0 aromatic carbocycles. The molecule has 0 aliphatic heterocycles. The van der Waals surface area contributed by atoms with Crippen molar-refractivity contribution in [1.29, 1.82) is 0 Å². The van der Waals surface area contributed by atoms with E-state index in [1.54, 1.807) is 0 Å². The molecule has 2 rings (SSSR count). The lowest BCUT2D eigenvalue weighted by Gasteiger charge is -1.99. The first kappa shape index (κ1) is 9.21. The van der Waals surface area contributed by atoms with Crippen LogP contribution in [0.1, 0.15) is 44.4 Å². The molecule has 0 radical (unpaired) electrons. The minimum Gasteiger partial charge on any atom is -0.478 e. The first-order valence-corrected chi connectivity index (χ1v) is 5.13. The summed E-state index contributed by atoms with van der Waals surface area (Å²) in [6, 6.07) is 0. The van der Waals surface area contributed by atoms with E-state index in [9.17, 15) is 9.59 Å². The number of hydrogen-bond acceptors (Lipinski definition) is 3. The number of aromatic carboxylic acids is 1. The molecule has 74 valence electrons. The Labute approximate surface area is 84.3 Å². The Morgan fingerprint density at radius 2 is 2.14 bits per heavy atom. The maximum atomic E-state index is 11.0. The van der Waals surface area contributed by atoms with E-state index in [0.29, 0.717) is 10.4 Å².